The van der Waals surface area contributed by atoms with Crippen LogP contribution in [0.15, 0.2) is 24.8 Å². The van der Waals surface area contributed by atoms with E-state index in [0.717, 1.165) is 5.56 Å². The van der Waals surface area contributed by atoms with E-state index in [-0.39, 0.29) is 23.6 Å². The van der Waals surface area contributed by atoms with Crippen LogP contribution in [0.2, 0.25) is 0 Å². The van der Waals surface area contributed by atoms with Crippen molar-refractivity contribution in [3.05, 3.63) is 41.5 Å². The Morgan fingerprint density at radius 1 is 1.40 bits per heavy atom. The molecule has 110 valence electrons. The monoisotopic (exact) mass is 277 g/mol. The van der Waals surface area contributed by atoms with Crippen LogP contribution in [-0.2, 0) is 0 Å². The fourth-order valence-electron chi connectivity index (χ4n) is 1.87. The van der Waals surface area contributed by atoms with Gasteiger partial charge in [0.15, 0.2) is 0 Å². The van der Waals surface area contributed by atoms with Crippen LogP contribution in [0.4, 0.5) is 0 Å². The van der Waals surface area contributed by atoms with Crippen LogP contribution in [0.5, 0.6) is 0 Å². The first kappa shape index (κ1) is 16.2. The number of aryl methyl sites for hydroxylation is 1. The van der Waals surface area contributed by atoms with E-state index >= 15 is 0 Å². The second kappa shape index (κ2) is 6.09. The molecule has 0 radical (unpaired) electrons. The molecule has 0 fully saturated rings. The van der Waals surface area contributed by atoms with Gasteiger partial charge in [-0.15, -0.1) is 0 Å². The van der Waals surface area contributed by atoms with E-state index in [2.05, 4.69) is 11.9 Å². The van der Waals surface area contributed by atoms with Crippen molar-refractivity contribution >= 4 is 11.7 Å². The van der Waals surface area contributed by atoms with Crippen LogP contribution in [0.1, 0.15) is 42.3 Å². The van der Waals surface area contributed by atoms with Crippen LogP contribution in [0.25, 0.3) is 5.70 Å². The van der Waals surface area contributed by atoms with E-state index in [1.807, 2.05) is 26.8 Å². The van der Waals surface area contributed by atoms with Crippen molar-refractivity contribution in [3.8, 4) is 0 Å². The summed E-state index contributed by atoms with van der Waals surface area (Å²) in [7, 11) is 0. The molecule has 1 rings (SSSR count). The third-order valence-electron chi connectivity index (χ3n) is 3.39. The van der Waals surface area contributed by atoms with Crippen molar-refractivity contribution < 1.29 is 15.0 Å². The fraction of sp³-hybridized carbons (Fsp3) is 0.438. The Morgan fingerprint density at radius 2 is 2.00 bits per heavy atom. The quantitative estimate of drug-likeness (QED) is 0.774. The number of hydrogen-bond acceptors (Lipinski definition) is 3. The molecule has 4 nitrogen and oxygen atoms in total. The number of carboxylic acids is 1. The Bertz CT molecular complexity index is 515. The molecule has 0 bridgehead atoms. The van der Waals surface area contributed by atoms with Crippen molar-refractivity contribution in [3.63, 3.8) is 0 Å². The number of rotatable bonds is 5. The predicted octanol–water partition coefficient (Wildman–Crippen LogP) is 2.66. The van der Waals surface area contributed by atoms with Gasteiger partial charge in [-0.3, -0.25) is 0 Å². The second-order valence-electron chi connectivity index (χ2n) is 6.06. The molecule has 1 aromatic carbocycles. The Kier molecular flexibility index (Phi) is 4.95. The van der Waals surface area contributed by atoms with Crippen molar-refractivity contribution in [1.82, 2.24) is 5.32 Å². The number of carboxylic acid groups (broad SMARTS) is 1. The van der Waals surface area contributed by atoms with Crippen LogP contribution in [-0.4, -0.2) is 28.8 Å². The Morgan fingerprint density at radius 3 is 2.45 bits per heavy atom. The van der Waals surface area contributed by atoms with Gasteiger partial charge in [-0.1, -0.05) is 39.5 Å². The normalized spacial score (nSPS) is 12.8. The molecule has 0 amide bonds. The van der Waals surface area contributed by atoms with Gasteiger partial charge in [0.25, 0.3) is 0 Å². The number of hydrogen-bond donors (Lipinski definition) is 3. The number of carbonyl (C=O) groups is 1. The minimum absolute atomic E-state index is 0.0137. The number of nitrogens with one attached hydrogen (secondary N) is 1. The number of aromatic carboxylic acids is 1. The zero-order chi connectivity index (χ0) is 15.5. The van der Waals surface area contributed by atoms with Gasteiger partial charge in [0, 0.05) is 5.70 Å². The lowest BCUT2D eigenvalue weighted by molar-refractivity contribution is 0.0696. The maximum atomic E-state index is 11.1. The summed E-state index contributed by atoms with van der Waals surface area (Å²) in [5.41, 5.74) is 2.18. The Labute approximate surface area is 120 Å². The first-order chi connectivity index (χ1) is 9.16. The molecule has 0 saturated carbocycles. The summed E-state index contributed by atoms with van der Waals surface area (Å²) in [5, 5.41) is 21.8. The predicted molar refractivity (Wildman–Crippen MR) is 80.6 cm³/mol. The summed E-state index contributed by atoms with van der Waals surface area (Å²) in [6.45, 7) is 11.7. The summed E-state index contributed by atoms with van der Waals surface area (Å²) in [5.74, 6) is -0.952. The summed E-state index contributed by atoms with van der Waals surface area (Å²) in [6, 6.07) is 5.04. The summed E-state index contributed by atoms with van der Waals surface area (Å²) >= 11 is 0. The van der Waals surface area contributed by atoms with Crippen molar-refractivity contribution in [2.45, 2.75) is 33.7 Å². The minimum Gasteiger partial charge on any atom is -0.478 e. The van der Waals surface area contributed by atoms with Crippen molar-refractivity contribution in [2.24, 2.45) is 5.41 Å². The molecule has 0 spiro atoms. The van der Waals surface area contributed by atoms with E-state index in [9.17, 15) is 9.90 Å². The largest absolute Gasteiger partial charge is 0.478 e. The molecule has 0 aliphatic carbocycles. The second-order valence-corrected chi connectivity index (χ2v) is 6.06. The maximum absolute atomic E-state index is 11.1. The highest BCUT2D eigenvalue weighted by molar-refractivity contribution is 5.90. The van der Waals surface area contributed by atoms with Gasteiger partial charge in [-0.2, -0.15) is 0 Å². The lowest BCUT2D eigenvalue weighted by Crippen LogP contribution is -2.42. The van der Waals surface area contributed by atoms with Crippen LogP contribution in [0, 0.1) is 12.3 Å². The molecule has 20 heavy (non-hydrogen) atoms. The molecular formula is C16H23NO3. The smallest absolute Gasteiger partial charge is 0.335 e. The number of aliphatic hydroxyl groups is 1. The fourth-order valence-corrected chi connectivity index (χ4v) is 1.87. The average Bonchev–Trinajstić information content (AvgIpc) is 2.34. The van der Waals surface area contributed by atoms with Crippen molar-refractivity contribution in [1.29, 1.82) is 0 Å². The van der Waals surface area contributed by atoms with Gasteiger partial charge in [-0.05, 0) is 29.5 Å². The molecule has 3 N–H and O–H groups in total. The van der Waals surface area contributed by atoms with Gasteiger partial charge < -0.3 is 15.5 Å². The zero-order valence-corrected chi connectivity index (χ0v) is 12.5. The SMILES string of the molecule is C=C(NC(CO)C(C)(C)C)c1ccc(C)c(C(=O)O)c1. The lowest BCUT2D eigenvalue weighted by Gasteiger charge is -2.31. The zero-order valence-electron chi connectivity index (χ0n) is 12.5. The molecule has 1 aromatic rings. The summed E-state index contributed by atoms with van der Waals surface area (Å²) < 4.78 is 0. The lowest BCUT2D eigenvalue weighted by atomic mass is 9.87. The molecule has 1 unspecified atom stereocenters. The number of benzene rings is 1. The molecule has 0 heterocycles. The third-order valence-corrected chi connectivity index (χ3v) is 3.39. The van der Waals surface area contributed by atoms with Gasteiger partial charge in [0.05, 0.1) is 18.2 Å². The van der Waals surface area contributed by atoms with Crippen molar-refractivity contribution in [2.75, 3.05) is 6.61 Å². The average molecular weight is 277 g/mol. The minimum atomic E-state index is -0.952. The highest BCUT2D eigenvalue weighted by Crippen LogP contribution is 2.22. The molecule has 0 saturated heterocycles. The highest BCUT2D eigenvalue weighted by atomic mass is 16.4. The van der Waals surface area contributed by atoms with E-state index < -0.39 is 5.97 Å². The molecule has 0 aliphatic heterocycles. The molecule has 0 aliphatic rings. The van der Waals surface area contributed by atoms with Gasteiger partial charge in [-0.25, -0.2) is 4.79 Å². The third kappa shape index (κ3) is 3.84. The van der Waals surface area contributed by atoms with E-state index in [0.29, 0.717) is 11.3 Å². The first-order valence-electron chi connectivity index (χ1n) is 6.57. The summed E-state index contributed by atoms with van der Waals surface area (Å²) in [4.78, 5) is 11.1. The maximum Gasteiger partial charge on any atom is 0.335 e. The summed E-state index contributed by atoms with van der Waals surface area (Å²) in [6.07, 6.45) is 0. The van der Waals surface area contributed by atoms with Gasteiger partial charge in [0.1, 0.15) is 0 Å². The molecular weight excluding hydrogens is 254 g/mol. The molecule has 0 aromatic heterocycles. The van der Waals surface area contributed by atoms with Crippen LogP contribution >= 0.6 is 0 Å². The van der Waals surface area contributed by atoms with E-state index in [4.69, 9.17) is 5.11 Å². The highest BCUT2D eigenvalue weighted by Gasteiger charge is 2.24. The molecule has 4 heteroatoms. The van der Waals surface area contributed by atoms with E-state index in [1.54, 1.807) is 19.1 Å². The number of aliphatic hydroxyl groups excluding tert-OH is 1. The Hall–Kier alpha value is -1.81. The Balaban J connectivity index is 2.98. The van der Waals surface area contributed by atoms with Gasteiger partial charge >= 0.3 is 5.97 Å². The topological polar surface area (TPSA) is 69.6 Å². The van der Waals surface area contributed by atoms with Crippen LogP contribution in [0.3, 0.4) is 0 Å². The first-order valence-corrected chi connectivity index (χ1v) is 6.57. The van der Waals surface area contributed by atoms with Crippen LogP contribution < -0.4 is 5.32 Å². The van der Waals surface area contributed by atoms with Gasteiger partial charge in [0.2, 0.25) is 0 Å². The molecule has 1 atom stereocenters. The standard InChI is InChI=1S/C16H23NO3/c1-10-6-7-12(8-13(10)15(19)20)11(2)17-14(9-18)16(3,4)5/h6-8,14,17-18H,2,9H2,1,3-5H3,(H,19,20). The van der Waals surface area contributed by atoms with E-state index in [1.165, 1.54) is 0 Å².